The molecule has 0 unspecified atom stereocenters. The molecule has 0 aliphatic heterocycles. The van der Waals surface area contributed by atoms with Crippen molar-refractivity contribution in [1.29, 1.82) is 0 Å². The normalized spacial score (nSPS) is 11.1. The molecule has 0 aliphatic carbocycles. The van der Waals surface area contributed by atoms with Crippen molar-refractivity contribution in [3.05, 3.63) is 36.2 Å². The lowest BCUT2D eigenvalue weighted by atomic mass is 10.2. The molecule has 16 heavy (non-hydrogen) atoms. The van der Waals surface area contributed by atoms with Crippen molar-refractivity contribution in [3.63, 3.8) is 0 Å². The zero-order valence-electron chi connectivity index (χ0n) is 8.60. The van der Waals surface area contributed by atoms with Crippen LogP contribution in [0, 0.1) is 6.92 Å². The Kier molecular flexibility index (Phi) is 1.77. The molecule has 1 aromatic carbocycles. The van der Waals surface area contributed by atoms with Crippen LogP contribution in [-0.4, -0.2) is 10.1 Å². The summed E-state index contributed by atoms with van der Waals surface area (Å²) < 4.78 is 10.9. The molecule has 3 rings (SSSR count). The van der Waals surface area contributed by atoms with Gasteiger partial charge in [-0.25, -0.2) is 4.98 Å². The van der Waals surface area contributed by atoms with Crippen LogP contribution in [-0.2, 0) is 0 Å². The molecule has 0 radical (unpaired) electrons. The van der Waals surface area contributed by atoms with Gasteiger partial charge < -0.3 is 13.9 Å². The smallest absolute Gasteiger partial charge is 0.263 e. The molecular formula is C12H9NO3. The highest BCUT2D eigenvalue weighted by atomic mass is 16.4. The highest BCUT2D eigenvalue weighted by Crippen LogP contribution is 2.32. The van der Waals surface area contributed by atoms with Crippen molar-refractivity contribution in [2.75, 3.05) is 0 Å². The molecular weight excluding hydrogens is 206 g/mol. The molecule has 80 valence electrons. The maximum Gasteiger partial charge on any atom is 0.263 e. The summed E-state index contributed by atoms with van der Waals surface area (Å²) in [5, 5.41) is 10.3. The monoisotopic (exact) mass is 215 g/mol. The van der Waals surface area contributed by atoms with E-state index >= 15 is 0 Å². The summed E-state index contributed by atoms with van der Waals surface area (Å²) in [7, 11) is 0. The third-order valence-corrected chi connectivity index (χ3v) is 2.37. The molecule has 3 aromatic rings. The minimum atomic E-state index is 0.191. The number of aryl methyl sites for hydroxylation is 1. The summed E-state index contributed by atoms with van der Waals surface area (Å²) >= 11 is 0. The van der Waals surface area contributed by atoms with Crippen molar-refractivity contribution in [2.24, 2.45) is 0 Å². The van der Waals surface area contributed by atoms with Gasteiger partial charge in [0.1, 0.15) is 17.1 Å². The number of phenolic OH excluding ortho intramolecular Hbond substituents is 1. The summed E-state index contributed by atoms with van der Waals surface area (Å²) in [6.45, 7) is 1.82. The largest absolute Gasteiger partial charge is 0.507 e. The van der Waals surface area contributed by atoms with E-state index in [2.05, 4.69) is 4.98 Å². The highest BCUT2D eigenvalue weighted by molar-refractivity contribution is 5.87. The van der Waals surface area contributed by atoms with E-state index in [0.717, 1.165) is 5.76 Å². The zero-order valence-corrected chi connectivity index (χ0v) is 8.60. The van der Waals surface area contributed by atoms with E-state index < -0.39 is 0 Å². The first-order chi connectivity index (χ1) is 7.74. The average Bonchev–Trinajstić information content (AvgIpc) is 2.84. The second-order valence-electron chi connectivity index (χ2n) is 3.58. The molecule has 4 heteroatoms. The standard InChI is InChI=1S/C12H9NO3/c1-7-6-13-12(15-7)11-5-8-9(14)3-2-4-10(8)16-11/h2-6,14H,1H3. The number of aromatic hydroxyl groups is 1. The van der Waals surface area contributed by atoms with Crippen LogP contribution in [0.15, 0.2) is 39.3 Å². The van der Waals surface area contributed by atoms with Gasteiger partial charge in [-0.1, -0.05) is 6.07 Å². The van der Waals surface area contributed by atoms with E-state index in [1.54, 1.807) is 30.5 Å². The van der Waals surface area contributed by atoms with Gasteiger partial charge in [0.2, 0.25) is 0 Å². The average molecular weight is 215 g/mol. The van der Waals surface area contributed by atoms with Gasteiger partial charge in [-0.2, -0.15) is 0 Å². The number of hydrogen-bond donors (Lipinski definition) is 1. The van der Waals surface area contributed by atoms with Crippen LogP contribution in [0.1, 0.15) is 5.76 Å². The Bertz CT molecular complexity index is 651. The number of oxazole rings is 1. The summed E-state index contributed by atoms with van der Waals surface area (Å²) in [6, 6.07) is 6.85. The number of benzene rings is 1. The molecule has 0 amide bonds. The number of nitrogens with zero attached hydrogens (tertiary/aromatic N) is 1. The Morgan fingerprint density at radius 3 is 2.81 bits per heavy atom. The SMILES string of the molecule is Cc1cnc(-c2cc3c(O)cccc3o2)o1. The topological polar surface area (TPSA) is 59.4 Å². The first-order valence-electron chi connectivity index (χ1n) is 4.88. The Labute approximate surface area is 91.1 Å². The number of fused-ring (bicyclic) bond motifs is 1. The lowest BCUT2D eigenvalue weighted by molar-refractivity contribution is 0.481. The molecule has 0 saturated heterocycles. The number of furan rings is 1. The lowest BCUT2D eigenvalue weighted by Gasteiger charge is -1.89. The molecule has 0 bridgehead atoms. The first-order valence-corrected chi connectivity index (χ1v) is 4.88. The summed E-state index contributed by atoms with van der Waals surface area (Å²) in [6.07, 6.45) is 1.63. The van der Waals surface area contributed by atoms with Crippen LogP contribution in [0.4, 0.5) is 0 Å². The molecule has 0 saturated carbocycles. The molecule has 4 nitrogen and oxygen atoms in total. The van der Waals surface area contributed by atoms with Crippen molar-refractivity contribution in [3.8, 4) is 17.4 Å². The Balaban J connectivity index is 2.22. The minimum Gasteiger partial charge on any atom is -0.507 e. The fourth-order valence-corrected chi connectivity index (χ4v) is 1.62. The third kappa shape index (κ3) is 1.27. The second-order valence-corrected chi connectivity index (χ2v) is 3.58. The molecule has 1 N–H and O–H groups in total. The molecule has 0 spiro atoms. The van der Waals surface area contributed by atoms with Gasteiger partial charge in [0, 0.05) is 6.07 Å². The van der Waals surface area contributed by atoms with Crippen LogP contribution < -0.4 is 0 Å². The molecule has 2 aromatic heterocycles. The van der Waals surface area contributed by atoms with Crippen LogP contribution >= 0.6 is 0 Å². The van der Waals surface area contributed by atoms with Crippen molar-refractivity contribution in [1.82, 2.24) is 4.98 Å². The minimum absolute atomic E-state index is 0.191. The zero-order chi connectivity index (χ0) is 11.1. The van der Waals surface area contributed by atoms with Crippen LogP contribution in [0.2, 0.25) is 0 Å². The van der Waals surface area contributed by atoms with Gasteiger partial charge in [-0.3, -0.25) is 0 Å². The van der Waals surface area contributed by atoms with Gasteiger partial charge >= 0.3 is 0 Å². The first kappa shape index (κ1) is 9.03. The second kappa shape index (κ2) is 3.13. The van der Waals surface area contributed by atoms with Gasteiger partial charge in [-0.15, -0.1) is 0 Å². The van der Waals surface area contributed by atoms with Crippen molar-refractivity contribution in [2.45, 2.75) is 6.92 Å². The Morgan fingerprint density at radius 1 is 1.25 bits per heavy atom. The predicted molar refractivity (Wildman–Crippen MR) is 58.1 cm³/mol. The van der Waals surface area contributed by atoms with Gasteiger partial charge in [0.25, 0.3) is 5.89 Å². The highest BCUT2D eigenvalue weighted by Gasteiger charge is 2.12. The van der Waals surface area contributed by atoms with Crippen LogP contribution in [0.3, 0.4) is 0 Å². The van der Waals surface area contributed by atoms with Crippen LogP contribution in [0.5, 0.6) is 5.75 Å². The molecule has 0 fully saturated rings. The lowest BCUT2D eigenvalue weighted by Crippen LogP contribution is -1.68. The van der Waals surface area contributed by atoms with E-state index in [9.17, 15) is 5.11 Å². The molecule has 0 aliphatic rings. The van der Waals surface area contributed by atoms with E-state index in [1.807, 2.05) is 6.92 Å². The molecule has 2 heterocycles. The van der Waals surface area contributed by atoms with Crippen molar-refractivity contribution < 1.29 is 13.9 Å². The van der Waals surface area contributed by atoms with E-state index in [1.165, 1.54) is 0 Å². The number of aromatic nitrogens is 1. The predicted octanol–water partition coefficient (Wildman–Crippen LogP) is 3.10. The fraction of sp³-hybridized carbons (Fsp3) is 0.0833. The van der Waals surface area contributed by atoms with E-state index in [4.69, 9.17) is 8.83 Å². The fourth-order valence-electron chi connectivity index (χ4n) is 1.62. The maximum atomic E-state index is 9.63. The number of phenols is 1. The Hall–Kier alpha value is -2.23. The van der Waals surface area contributed by atoms with E-state index in [-0.39, 0.29) is 5.75 Å². The van der Waals surface area contributed by atoms with Gasteiger partial charge in [0.15, 0.2) is 5.76 Å². The summed E-state index contributed by atoms with van der Waals surface area (Å²) in [5.41, 5.74) is 0.617. The number of rotatable bonds is 1. The van der Waals surface area contributed by atoms with E-state index in [0.29, 0.717) is 22.6 Å². The Morgan fingerprint density at radius 2 is 2.12 bits per heavy atom. The van der Waals surface area contributed by atoms with Gasteiger partial charge in [0.05, 0.1) is 11.6 Å². The summed E-state index contributed by atoms with van der Waals surface area (Å²) in [4.78, 5) is 4.07. The quantitative estimate of drug-likeness (QED) is 0.677. The van der Waals surface area contributed by atoms with Gasteiger partial charge in [-0.05, 0) is 19.1 Å². The third-order valence-electron chi connectivity index (χ3n) is 2.37. The van der Waals surface area contributed by atoms with Crippen molar-refractivity contribution >= 4 is 11.0 Å². The molecule has 0 atom stereocenters. The number of hydrogen-bond acceptors (Lipinski definition) is 4. The maximum absolute atomic E-state index is 9.63. The van der Waals surface area contributed by atoms with Crippen LogP contribution in [0.25, 0.3) is 22.6 Å². The summed E-state index contributed by atoms with van der Waals surface area (Å²) in [5.74, 6) is 1.85.